The zero-order valence-electron chi connectivity index (χ0n) is 10.7. The molecule has 1 saturated heterocycles. The summed E-state index contributed by atoms with van der Waals surface area (Å²) in [4.78, 5) is 13.8. The van der Waals surface area contributed by atoms with Gasteiger partial charge in [0.15, 0.2) is 0 Å². The van der Waals surface area contributed by atoms with Crippen LogP contribution in [-0.4, -0.2) is 51.8 Å². The van der Waals surface area contributed by atoms with E-state index in [2.05, 4.69) is 15.5 Å². The summed E-state index contributed by atoms with van der Waals surface area (Å²) in [6, 6.07) is 0.171. The van der Waals surface area contributed by atoms with E-state index in [1.807, 2.05) is 4.90 Å². The van der Waals surface area contributed by atoms with E-state index in [0.29, 0.717) is 18.4 Å². The maximum absolute atomic E-state index is 11.8. The van der Waals surface area contributed by atoms with Crippen LogP contribution in [0.2, 0.25) is 0 Å². The first kappa shape index (κ1) is 12.6. The van der Waals surface area contributed by atoms with E-state index in [-0.39, 0.29) is 24.6 Å². The molecule has 1 atom stereocenters. The zero-order valence-corrected chi connectivity index (χ0v) is 10.7. The number of nitrogens with one attached hydrogen (secondary N) is 1. The van der Waals surface area contributed by atoms with E-state index in [1.165, 1.54) is 0 Å². The van der Waals surface area contributed by atoms with Crippen LogP contribution in [0.3, 0.4) is 0 Å². The lowest BCUT2D eigenvalue weighted by atomic mass is 10.1. The number of anilines is 1. The Kier molecular flexibility index (Phi) is 3.48. The number of aliphatic hydroxyl groups excluding tert-OH is 1. The number of piperidine rings is 1. The summed E-state index contributed by atoms with van der Waals surface area (Å²) in [7, 11) is 0. The third-order valence-electron chi connectivity index (χ3n) is 3.46. The van der Waals surface area contributed by atoms with Crippen LogP contribution in [0.25, 0.3) is 0 Å². The van der Waals surface area contributed by atoms with Gasteiger partial charge in [-0.3, -0.25) is 15.0 Å². The van der Waals surface area contributed by atoms with Crippen molar-refractivity contribution in [2.24, 2.45) is 0 Å². The van der Waals surface area contributed by atoms with Crippen molar-refractivity contribution in [1.82, 2.24) is 15.1 Å². The van der Waals surface area contributed by atoms with Gasteiger partial charge in [0.25, 0.3) is 0 Å². The average Bonchev–Trinajstić information content (AvgIpc) is 3.11. The lowest BCUT2D eigenvalue weighted by Gasteiger charge is -2.28. The van der Waals surface area contributed by atoms with Crippen LogP contribution in [0, 0.1) is 0 Å². The minimum atomic E-state index is -0.327. The van der Waals surface area contributed by atoms with Gasteiger partial charge in [-0.2, -0.15) is 0 Å². The van der Waals surface area contributed by atoms with Crippen LogP contribution in [0.4, 0.5) is 6.01 Å². The minimum Gasteiger partial charge on any atom is -0.408 e. The molecule has 0 spiro atoms. The first-order chi connectivity index (χ1) is 9.20. The topological polar surface area (TPSA) is 91.5 Å². The van der Waals surface area contributed by atoms with Crippen LogP contribution in [0.1, 0.15) is 37.5 Å². The van der Waals surface area contributed by atoms with Crippen molar-refractivity contribution in [3.05, 3.63) is 5.89 Å². The van der Waals surface area contributed by atoms with Crippen LogP contribution < -0.4 is 5.32 Å². The normalized spacial score (nSPS) is 24.4. The summed E-state index contributed by atoms with van der Waals surface area (Å²) < 4.78 is 5.37. The van der Waals surface area contributed by atoms with Crippen molar-refractivity contribution < 1.29 is 14.3 Å². The Hall–Kier alpha value is -1.47. The summed E-state index contributed by atoms with van der Waals surface area (Å²) in [5.74, 6) is 0.819. The second-order valence-electron chi connectivity index (χ2n) is 5.30. The number of hydrogen-bond donors (Lipinski definition) is 2. The molecule has 0 bridgehead atoms. The van der Waals surface area contributed by atoms with E-state index < -0.39 is 0 Å². The Balaban J connectivity index is 1.49. The molecule has 1 saturated carbocycles. The molecule has 7 nitrogen and oxygen atoms in total. The van der Waals surface area contributed by atoms with E-state index in [1.54, 1.807) is 0 Å². The molecule has 2 N–H and O–H groups in total. The molecule has 0 unspecified atom stereocenters. The summed E-state index contributed by atoms with van der Waals surface area (Å²) in [6.45, 7) is 1.63. The van der Waals surface area contributed by atoms with Gasteiger partial charge in [0.2, 0.25) is 11.8 Å². The second-order valence-corrected chi connectivity index (χ2v) is 5.30. The van der Waals surface area contributed by atoms with Crippen LogP contribution in [-0.2, 0) is 4.79 Å². The zero-order chi connectivity index (χ0) is 13.2. The number of nitrogens with zero attached hydrogens (tertiary/aromatic N) is 3. The Morgan fingerprint density at radius 2 is 2.26 bits per heavy atom. The molecule has 3 rings (SSSR count). The number of aliphatic hydroxyl groups is 1. The van der Waals surface area contributed by atoms with Gasteiger partial charge in [0.1, 0.15) is 0 Å². The largest absolute Gasteiger partial charge is 0.408 e. The van der Waals surface area contributed by atoms with E-state index in [4.69, 9.17) is 4.42 Å². The van der Waals surface area contributed by atoms with Crippen molar-refractivity contribution in [3.63, 3.8) is 0 Å². The highest BCUT2D eigenvalue weighted by atomic mass is 16.4. The first-order valence-electron chi connectivity index (χ1n) is 6.74. The van der Waals surface area contributed by atoms with Crippen LogP contribution in [0.5, 0.6) is 0 Å². The lowest BCUT2D eigenvalue weighted by molar-refractivity contribution is -0.118. The second kappa shape index (κ2) is 5.26. The van der Waals surface area contributed by atoms with Crippen LogP contribution in [0.15, 0.2) is 4.42 Å². The van der Waals surface area contributed by atoms with Gasteiger partial charge < -0.3 is 9.52 Å². The first-order valence-corrected chi connectivity index (χ1v) is 6.74. The molecule has 1 aromatic rings. The quantitative estimate of drug-likeness (QED) is 0.816. The summed E-state index contributed by atoms with van der Waals surface area (Å²) in [5.41, 5.74) is 0. The number of aromatic nitrogens is 2. The highest BCUT2D eigenvalue weighted by Crippen LogP contribution is 2.39. The van der Waals surface area contributed by atoms with E-state index in [0.717, 1.165) is 32.2 Å². The van der Waals surface area contributed by atoms with Crippen LogP contribution >= 0.6 is 0 Å². The van der Waals surface area contributed by atoms with Gasteiger partial charge in [0, 0.05) is 12.5 Å². The molecule has 1 amide bonds. The molecule has 0 aromatic carbocycles. The van der Waals surface area contributed by atoms with Crippen molar-refractivity contribution in [2.75, 3.05) is 25.0 Å². The molecule has 2 aliphatic rings. The highest BCUT2D eigenvalue weighted by molar-refractivity contribution is 5.90. The van der Waals surface area contributed by atoms with Gasteiger partial charge in [-0.15, -0.1) is 5.10 Å². The third kappa shape index (κ3) is 3.30. The number of amides is 1. The van der Waals surface area contributed by atoms with Gasteiger partial charge in [-0.25, -0.2) is 0 Å². The predicted octanol–water partition coefficient (Wildman–Crippen LogP) is 0.342. The minimum absolute atomic E-state index is 0.171. The van der Waals surface area contributed by atoms with E-state index >= 15 is 0 Å². The van der Waals surface area contributed by atoms with E-state index in [9.17, 15) is 9.90 Å². The molecular formula is C12H18N4O3. The molecule has 1 aliphatic heterocycles. The SMILES string of the molecule is O=C(CN1CCC[C@H](O)C1)Nc1nnc(C2CC2)o1. The Bertz CT molecular complexity index is 458. The van der Waals surface area contributed by atoms with Crippen molar-refractivity contribution in [3.8, 4) is 0 Å². The molecule has 1 aromatic heterocycles. The standard InChI is InChI=1S/C12H18N4O3/c17-9-2-1-5-16(6-9)7-10(18)13-12-15-14-11(19-12)8-3-4-8/h8-9,17H,1-7H2,(H,13,15,18)/t9-/m0/s1. The monoisotopic (exact) mass is 266 g/mol. The summed E-state index contributed by atoms with van der Waals surface area (Å²) >= 11 is 0. The lowest BCUT2D eigenvalue weighted by Crippen LogP contribution is -2.42. The maximum atomic E-state index is 11.8. The fourth-order valence-electron chi connectivity index (χ4n) is 2.32. The number of hydrogen-bond acceptors (Lipinski definition) is 6. The molecule has 7 heteroatoms. The maximum Gasteiger partial charge on any atom is 0.322 e. The average molecular weight is 266 g/mol. The van der Waals surface area contributed by atoms with Gasteiger partial charge in [0.05, 0.1) is 12.6 Å². The molecule has 2 heterocycles. The highest BCUT2D eigenvalue weighted by Gasteiger charge is 2.29. The number of rotatable bonds is 4. The Morgan fingerprint density at radius 3 is 3.00 bits per heavy atom. The van der Waals surface area contributed by atoms with Crippen molar-refractivity contribution in [1.29, 1.82) is 0 Å². The predicted molar refractivity (Wildman–Crippen MR) is 66.6 cm³/mol. The molecule has 2 fully saturated rings. The van der Waals surface area contributed by atoms with Gasteiger partial charge in [-0.1, -0.05) is 5.10 Å². The number of likely N-dealkylation sites (tertiary alicyclic amines) is 1. The molecule has 1 aliphatic carbocycles. The van der Waals surface area contributed by atoms with Crippen molar-refractivity contribution in [2.45, 2.75) is 37.7 Å². The smallest absolute Gasteiger partial charge is 0.322 e. The summed E-state index contributed by atoms with van der Waals surface area (Å²) in [5, 5.41) is 19.9. The molecule has 104 valence electrons. The van der Waals surface area contributed by atoms with Gasteiger partial charge >= 0.3 is 6.01 Å². The Morgan fingerprint density at radius 1 is 1.42 bits per heavy atom. The number of β-amino-alcohol motifs (C(OH)–C–C–N with tert-alkyl or cyclic N) is 1. The van der Waals surface area contributed by atoms with Crippen molar-refractivity contribution >= 4 is 11.9 Å². The number of carbonyl (C=O) groups is 1. The Labute approximate surface area is 111 Å². The van der Waals surface area contributed by atoms with Gasteiger partial charge in [-0.05, 0) is 32.2 Å². The summed E-state index contributed by atoms with van der Waals surface area (Å²) in [6.07, 6.45) is 3.57. The molecule has 0 radical (unpaired) electrons. The third-order valence-corrected chi connectivity index (χ3v) is 3.46. The fourth-order valence-corrected chi connectivity index (χ4v) is 2.32. The molecule has 19 heavy (non-hydrogen) atoms. The fraction of sp³-hybridized carbons (Fsp3) is 0.750. The molecular weight excluding hydrogens is 248 g/mol. The number of carbonyl (C=O) groups excluding carboxylic acids is 1.